The van der Waals surface area contributed by atoms with E-state index in [-0.39, 0.29) is 5.91 Å². The molecule has 1 amide bonds. The van der Waals surface area contributed by atoms with E-state index in [0.717, 1.165) is 19.3 Å². The molecular weight excluding hydrogens is 196 g/mol. The van der Waals surface area contributed by atoms with Crippen LogP contribution in [0.1, 0.15) is 39.0 Å². The summed E-state index contributed by atoms with van der Waals surface area (Å²) in [6, 6.07) is -0.875. The minimum atomic E-state index is -1.04. The molecule has 15 heavy (non-hydrogen) atoms. The van der Waals surface area contributed by atoms with Crippen LogP contribution in [-0.4, -0.2) is 28.6 Å². The van der Waals surface area contributed by atoms with Gasteiger partial charge in [-0.25, -0.2) is 0 Å². The molecule has 1 aliphatic carbocycles. The standard InChI is InChI=1S/C10H18N2O3/c1-7(8(13)14)12-9(15)10(11)5-3-2-4-6-10/h7H,2-6,11H2,1H3,(H,12,15)(H,13,14)/t7-/m0/s1. The number of carbonyl (C=O) groups is 2. The molecule has 1 atom stereocenters. The first kappa shape index (κ1) is 12.0. The first-order valence-corrected chi connectivity index (χ1v) is 5.28. The lowest BCUT2D eigenvalue weighted by atomic mass is 9.82. The summed E-state index contributed by atoms with van der Waals surface area (Å²) in [5, 5.41) is 11.1. The SMILES string of the molecule is C[C@H](NC(=O)C1(N)CCCCC1)C(=O)O. The van der Waals surface area contributed by atoms with Crippen LogP contribution in [0.3, 0.4) is 0 Å². The maximum absolute atomic E-state index is 11.7. The zero-order valence-corrected chi connectivity index (χ0v) is 8.95. The van der Waals surface area contributed by atoms with E-state index < -0.39 is 17.6 Å². The summed E-state index contributed by atoms with van der Waals surface area (Å²) in [6.07, 6.45) is 4.26. The van der Waals surface area contributed by atoms with Crippen molar-refractivity contribution in [3.63, 3.8) is 0 Å². The van der Waals surface area contributed by atoms with Gasteiger partial charge in [0.1, 0.15) is 6.04 Å². The van der Waals surface area contributed by atoms with Crippen molar-refractivity contribution in [2.75, 3.05) is 0 Å². The van der Waals surface area contributed by atoms with Gasteiger partial charge in [0.25, 0.3) is 0 Å². The number of carboxylic acid groups (broad SMARTS) is 1. The molecule has 1 rings (SSSR count). The van der Waals surface area contributed by atoms with Crippen molar-refractivity contribution in [2.45, 2.75) is 50.6 Å². The molecule has 0 unspecified atom stereocenters. The topological polar surface area (TPSA) is 92.4 Å². The fourth-order valence-electron chi connectivity index (χ4n) is 1.81. The number of hydrogen-bond acceptors (Lipinski definition) is 3. The Bertz CT molecular complexity index is 259. The summed E-state index contributed by atoms with van der Waals surface area (Å²) in [5.41, 5.74) is 5.09. The molecule has 1 aliphatic rings. The number of carbonyl (C=O) groups excluding carboxylic acids is 1. The molecule has 0 radical (unpaired) electrons. The summed E-state index contributed by atoms with van der Waals surface area (Å²) in [5.74, 6) is -1.38. The summed E-state index contributed by atoms with van der Waals surface area (Å²) in [6.45, 7) is 1.44. The van der Waals surface area contributed by atoms with Crippen LogP contribution in [0, 0.1) is 0 Å². The number of nitrogens with one attached hydrogen (secondary N) is 1. The van der Waals surface area contributed by atoms with Crippen molar-refractivity contribution in [3.8, 4) is 0 Å². The van der Waals surface area contributed by atoms with E-state index >= 15 is 0 Å². The van der Waals surface area contributed by atoms with Gasteiger partial charge in [0.05, 0.1) is 5.54 Å². The second-order valence-corrected chi connectivity index (χ2v) is 4.25. The largest absolute Gasteiger partial charge is 0.480 e. The zero-order chi connectivity index (χ0) is 11.5. The van der Waals surface area contributed by atoms with Gasteiger partial charge in [-0.3, -0.25) is 9.59 Å². The molecule has 0 aromatic heterocycles. The van der Waals surface area contributed by atoms with Gasteiger partial charge < -0.3 is 16.2 Å². The minimum absolute atomic E-state index is 0.336. The van der Waals surface area contributed by atoms with Crippen LogP contribution in [0.5, 0.6) is 0 Å². The lowest BCUT2D eigenvalue weighted by Gasteiger charge is -2.32. The number of rotatable bonds is 3. The van der Waals surface area contributed by atoms with Crippen LogP contribution in [0.15, 0.2) is 0 Å². The third-order valence-electron chi connectivity index (χ3n) is 2.92. The van der Waals surface area contributed by atoms with Gasteiger partial charge in [-0.05, 0) is 19.8 Å². The number of aliphatic carboxylic acids is 1. The minimum Gasteiger partial charge on any atom is -0.480 e. The highest BCUT2D eigenvalue weighted by Crippen LogP contribution is 2.25. The van der Waals surface area contributed by atoms with Crippen molar-refractivity contribution in [1.29, 1.82) is 0 Å². The summed E-state index contributed by atoms with van der Waals surface area (Å²) >= 11 is 0. The average Bonchev–Trinajstić information content (AvgIpc) is 2.18. The third kappa shape index (κ3) is 2.92. The van der Waals surface area contributed by atoms with Gasteiger partial charge in [0.2, 0.25) is 5.91 Å². The van der Waals surface area contributed by atoms with Crippen LogP contribution >= 0.6 is 0 Å². The van der Waals surface area contributed by atoms with Gasteiger partial charge in [-0.15, -0.1) is 0 Å². The number of hydrogen-bond donors (Lipinski definition) is 3. The monoisotopic (exact) mass is 214 g/mol. The van der Waals surface area contributed by atoms with E-state index in [0.29, 0.717) is 12.8 Å². The Labute approximate surface area is 89.0 Å². The van der Waals surface area contributed by atoms with E-state index in [2.05, 4.69) is 5.32 Å². The summed E-state index contributed by atoms with van der Waals surface area (Å²) in [7, 11) is 0. The van der Waals surface area contributed by atoms with Gasteiger partial charge in [0.15, 0.2) is 0 Å². The van der Waals surface area contributed by atoms with Crippen molar-refractivity contribution in [1.82, 2.24) is 5.32 Å². The van der Waals surface area contributed by atoms with Gasteiger partial charge in [-0.1, -0.05) is 19.3 Å². The Morgan fingerprint density at radius 3 is 2.33 bits per heavy atom. The van der Waals surface area contributed by atoms with Crippen LogP contribution in [-0.2, 0) is 9.59 Å². The Kier molecular flexibility index (Phi) is 3.68. The number of carboxylic acids is 1. The molecule has 0 heterocycles. The lowest BCUT2D eigenvalue weighted by molar-refractivity contribution is -0.142. The summed E-state index contributed by atoms with van der Waals surface area (Å²) < 4.78 is 0. The molecule has 0 aromatic carbocycles. The molecule has 86 valence electrons. The molecule has 1 fully saturated rings. The van der Waals surface area contributed by atoms with Crippen molar-refractivity contribution < 1.29 is 14.7 Å². The Morgan fingerprint density at radius 1 is 1.33 bits per heavy atom. The Hall–Kier alpha value is -1.10. The fraction of sp³-hybridized carbons (Fsp3) is 0.800. The first-order valence-electron chi connectivity index (χ1n) is 5.28. The quantitative estimate of drug-likeness (QED) is 0.627. The normalized spacial score (nSPS) is 21.7. The Balaban J connectivity index is 2.55. The second kappa shape index (κ2) is 4.61. The van der Waals surface area contributed by atoms with Crippen LogP contribution in [0.25, 0.3) is 0 Å². The van der Waals surface area contributed by atoms with E-state index in [4.69, 9.17) is 10.8 Å². The summed E-state index contributed by atoms with van der Waals surface area (Å²) in [4.78, 5) is 22.3. The second-order valence-electron chi connectivity index (χ2n) is 4.25. The van der Waals surface area contributed by atoms with Crippen molar-refractivity contribution in [2.24, 2.45) is 5.73 Å². The molecule has 5 nitrogen and oxygen atoms in total. The molecule has 1 saturated carbocycles. The molecule has 0 aromatic rings. The van der Waals surface area contributed by atoms with Crippen LogP contribution in [0.4, 0.5) is 0 Å². The number of amides is 1. The molecule has 4 N–H and O–H groups in total. The maximum Gasteiger partial charge on any atom is 0.325 e. The third-order valence-corrected chi connectivity index (χ3v) is 2.92. The predicted molar refractivity (Wildman–Crippen MR) is 55.2 cm³/mol. The highest BCUT2D eigenvalue weighted by atomic mass is 16.4. The predicted octanol–water partition coefficient (Wildman–Crippen LogP) is 0.237. The van der Waals surface area contributed by atoms with Crippen molar-refractivity contribution >= 4 is 11.9 Å². The fourth-order valence-corrected chi connectivity index (χ4v) is 1.81. The zero-order valence-electron chi connectivity index (χ0n) is 8.95. The molecule has 0 aliphatic heterocycles. The van der Waals surface area contributed by atoms with Gasteiger partial charge in [-0.2, -0.15) is 0 Å². The number of nitrogens with two attached hydrogens (primary N) is 1. The van der Waals surface area contributed by atoms with Crippen molar-refractivity contribution in [3.05, 3.63) is 0 Å². The van der Waals surface area contributed by atoms with Crippen LogP contribution < -0.4 is 11.1 Å². The molecule has 0 spiro atoms. The smallest absolute Gasteiger partial charge is 0.325 e. The highest BCUT2D eigenvalue weighted by molar-refractivity contribution is 5.89. The van der Waals surface area contributed by atoms with Gasteiger partial charge >= 0.3 is 5.97 Å². The first-order chi connectivity index (χ1) is 6.96. The Morgan fingerprint density at radius 2 is 1.87 bits per heavy atom. The molecule has 0 saturated heterocycles. The van der Waals surface area contributed by atoms with E-state index in [1.807, 2.05) is 0 Å². The highest BCUT2D eigenvalue weighted by Gasteiger charge is 2.36. The maximum atomic E-state index is 11.7. The molecule has 5 heteroatoms. The average molecular weight is 214 g/mol. The van der Waals surface area contributed by atoms with Crippen LogP contribution in [0.2, 0.25) is 0 Å². The van der Waals surface area contributed by atoms with E-state index in [1.165, 1.54) is 6.92 Å². The van der Waals surface area contributed by atoms with E-state index in [1.54, 1.807) is 0 Å². The van der Waals surface area contributed by atoms with Gasteiger partial charge in [0, 0.05) is 0 Å². The van der Waals surface area contributed by atoms with E-state index in [9.17, 15) is 9.59 Å². The molecular formula is C10H18N2O3. The molecule has 0 bridgehead atoms. The lowest BCUT2D eigenvalue weighted by Crippen LogP contribution is -2.57.